The second-order valence-corrected chi connectivity index (χ2v) is 17.0. The number of para-hydroxylation sites is 2. The van der Waals surface area contributed by atoms with Gasteiger partial charge in [0.05, 0.1) is 11.0 Å². The fourth-order valence-corrected chi connectivity index (χ4v) is 9.98. The second kappa shape index (κ2) is 14.3. The smallest absolute Gasteiger partial charge is 0.0541 e. The predicted octanol–water partition coefficient (Wildman–Crippen LogP) is 15.6. The third-order valence-corrected chi connectivity index (χ3v) is 13.0. The first-order valence-electron chi connectivity index (χ1n) is 21.2. The number of allylic oxidation sites excluding steroid dienone is 4. The third kappa shape index (κ3) is 5.86. The Morgan fingerprint density at radius 2 is 1.00 bits per heavy atom. The summed E-state index contributed by atoms with van der Waals surface area (Å²) in [5.74, 6) is 0.288. The van der Waals surface area contributed by atoms with Crippen LogP contribution in [0.2, 0.25) is 0 Å². The first-order chi connectivity index (χ1) is 29.4. The highest BCUT2D eigenvalue weighted by atomic mass is 15.2. The van der Waals surface area contributed by atoms with Gasteiger partial charge in [0, 0.05) is 50.4 Å². The van der Waals surface area contributed by atoms with Gasteiger partial charge in [-0.2, -0.15) is 0 Å². The molecule has 2 heteroatoms. The fraction of sp³-hybridized carbons (Fsp3) is 0.103. The van der Waals surface area contributed by atoms with Crippen molar-refractivity contribution >= 4 is 38.8 Å². The average Bonchev–Trinajstić information content (AvgIpc) is 3.76. The Morgan fingerprint density at radius 3 is 1.67 bits per heavy atom. The van der Waals surface area contributed by atoms with Crippen molar-refractivity contribution in [2.45, 2.75) is 32.6 Å². The molecular formula is C58H46N2. The Balaban J connectivity index is 1.02. The van der Waals surface area contributed by atoms with E-state index < -0.39 is 0 Å². The highest BCUT2D eigenvalue weighted by Crippen LogP contribution is 2.50. The number of benzene rings is 8. The molecule has 60 heavy (non-hydrogen) atoms. The summed E-state index contributed by atoms with van der Waals surface area (Å²) in [7, 11) is 0. The molecule has 0 N–H and O–H groups in total. The van der Waals surface area contributed by atoms with Crippen LogP contribution in [0.1, 0.15) is 43.9 Å². The Kier molecular flexibility index (Phi) is 8.56. The molecule has 1 heterocycles. The van der Waals surface area contributed by atoms with E-state index in [0.717, 1.165) is 23.5 Å². The van der Waals surface area contributed by atoms with Crippen molar-refractivity contribution in [2.75, 3.05) is 4.90 Å². The van der Waals surface area contributed by atoms with Crippen molar-refractivity contribution in [1.29, 1.82) is 0 Å². The molecule has 2 aliphatic rings. The van der Waals surface area contributed by atoms with Crippen molar-refractivity contribution in [1.82, 2.24) is 4.57 Å². The summed E-state index contributed by atoms with van der Waals surface area (Å²) in [5.41, 5.74) is 20.0. The summed E-state index contributed by atoms with van der Waals surface area (Å²) in [4.78, 5) is 2.51. The Morgan fingerprint density at radius 1 is 0.483 bits per heavy atom. The number of anilines is 2. The summed E-state index contributed by atoms with van der Waals surface area (Å²) in [6, 6.07) is 71.6. The molecule has 1 aromatic heterocycles. The zero-order valence-electron chi connectivity index (χ0n) is 34.3. The standard InChI is InChI=1S/C58H46N2/c1-39-14-13-20-48(43-28-35-47(36-29-43)60-55-22-11-8-18-51(55)52-19-9-12-23-56(52)60)57(39)59(45-31-24-41(25-32-45)40-15-5-4-6-16-40)46-33-26-42(27-34-46)44-30-37-50-49-17-7-10-21-53(49)58(2,3)54(50)38-44/h4-13,15-39H,14H2,1-3H3. The minimum atomic E-state index is -0.0419. The maximum Gasteiger partial charge on any atom is 0.0541 e. The van der Waals surface area contributed by atoms with Crippen molar-refractivity contribution in [3.63, 3.8) is 0 Å². The van der Waals surface area contributed by atoms with Crippen LogP contribution >= 0.6 is 0 Å². The molecule has 0 saturated heterocycles. The quantitative estimate of drug-likeness (QED) is 0.157. The summed E-state index contributed by atoms with van der Waals surface area (Å²) >= 11 is 0. The molecule has 2 nitrogen and oxygen atoms in total. The monoisotopic (exact) mass is 770 g/mol. The topological polar surface area (TPSA) is 8.17 Å². The maximum atomic E-state index is 2.51. The van der Waals surface area contributed by atoms with Crippen LogP contribution in [0.25, 0.3) is 66.4 Å². The largest absolute Gasteiger partial charge is 0.313 e. The van der Waals surface area contributed by atoms with E-state index in [-0.39, 0.29) is 11.3 Å². The van der Waals surface area contributed by atoms with Gasteiger partial charge in [-0.05, 0) is 111 Å². The lowest BCUT2D eigenvalue weighted by Gasteiger charge is -2.35. The summed E-state index contributed by atoms with van der Waals surface area (Å²) < 4.78 is 2.39. The van der Waals surface area contributed by atoms with E-state index in [1.807, 2.05) is 0 Å². The summed E-state index contributed by atoms with van der Waals surface area (Å²) in [6.45, 7) is 7.08. The van der Waals surface area contributed by atoms with Gasteiger partial charge in [0.15, 0.2) is 0 Å². The molecule has 1 atom stereocenters. The van der Waals surface area contributed by atoms with Crippen LogP contribution in [0.4, 0.5) is 11.4 Å². The number of aromatic nitrogens is 1. The third-order valence-electron chi connectivity index (χ3n) is 13.0. The fourth-order valence-electron chi connectivity index (χ4n) is 9.98. The zero-order chi connectivity index (χ0) is 40.4. The molecule has 2 aliphatic carbocycles. The Bertz CT molecular complexity index is 3070. The number of fused-ring (bicyclic) bond motifs is 6. The van der Waals surface area contributed by atoms with E-state index in [0.29, 0.717) is 0 Å². The van der Waals surface area contributed by atoms with Crippen molar-refractivity contribution in [3.8, 4) is 39.1 Å². The van der Waals surface area contributed by atoms with Gasteiger partial charge in [-0.25, -0.2) is 0 Å². The van der Waals surface area contributed by atoms with Gasteiger partial charge in [0.2, 0.25) is 0 Å². The van der Waals surface area contributed by atoms with Crippen LogP contribution in [-0.2, 0) is 5.41 Å². The molecule has 11 rings (SSSR count). The highest BCUT2D eigenvalue weighted by molar-refractivity contribution is 6.09. The van der Waals surface area contributed by atoms with Gasteiger partial charge in [0.25, 0.3) is 0 Å². The lowest BCUT2D eigenvalue weighted by molar-refractivity contribution is 0.660. The Labute approximate surface area is 353 Å². The molecule has 0 bridgehead atoms. The highest BCUT2D eigenvalue weighted by Gasteiger charge is 2.35. The van der Waals surface area contributed by atoms with Crippen LogP contribution in [-0.4, -0.2) is 4.57 Å². The minimum absolute atomic E-state index is 0.0419. The number of nitrogens with zero attached hydrogens (tertiary/aromatic N) is 2. The normalized spacial score (nSPS) is 15.3. The van der Waals surface area contributed by atoms with Crippen LogP contribution in [0, 0.1) is 5.92 Å². The Hall–Kier alpha value is -7.16. The SMILES string of the molecule is CC1CC=CC(c2ccc(-n3c4ccccc4c4ccccc43)cc2)=C1N(c1ccc(-c2ccccc2)cc1)c1ccc(-c2ccc3c(c2)C(C)(C)c2ccccc2-3)cc1. The van der Waals surface area contributed by atoms with Gasteiger partial charge in [-0.15, -0.1) is 0 Å². The van der Waals surface area contributed by atoms with E-state index in [1.165, 1.54) is 83.1 Å². The second-order valence-electron chi connectivity index (χ2n) is 17.0. The van der Waals surface area contributed by atoms with Crippen LogP contribution in [0.15, 0.2) is 212 Å². The predicted molar refractivity (Wildman–Crippen MR) is 254 cm³/mol. The van der Waals surface area contributed by atoms with E-state index in [4.69, 9.17) is 0 Å². The summed E-state index contributed by atoms with van der Waals surface area (Å²) in [6.07, 6.45) is 5.66. The maximum absolute atomic E-state index is 2.51. The molecule has 0 radical (unpaired) electrons. The molecule has 0 aliphatic heterocycles. The zero-order valence-corrected chi connectivity index (χ0v) is 34.3. The first-order valence-corrected chi connectivity index (χ1v) is 21.2. The minimum Gasteiger partial charge on any atom is -0.313 e. The molecule has 1 unspecified atom stereocenters. The average molecular weight is 771 g/mol. The number of hydrogen-bond donors (Lipinski definition) is 0. The van der Waals surface area contributed by atoms with Gasteiger partial charge < -0.3 is 9.47 Å². The molecule has 0 fully saturated rings. The molecule has 8 aromatic carbocycles. The van der Waals surface area contributed by atoms with Gasteiger partial charge >= 0.3 is 0 Å². The molecule has 9 aromatic rings. The first kappa shape index (κ1) is 36.0. The molecule has 288 valence electrons. The lowest BCUT2D eigenvalue weighted by Crippen LogP contribution is -2.24. The lowest BCUT2D eigenvalue weighted by atomic mass is 9.81. The van der Waals surface area contributed by atoms with Crippen LogP contribution < -0.4 is 4.90 Å². The van der Waals surface area contributed by atoms with Crippen molar-refractivity contribution in [3.05, 3.63) is 229 Å². The van der Waals surface area contributed by atoms with E-state index in [2.05, 4.69) is 237 Å². The van der Waals surface area contributed by atoms with E-state index >= 15 is 0 Å². The van der Waals surface area contributed by atoms with Crippen molar-refractivity contribution < 1.29 is 0 Å². The van der Waals surface area contributed by atoms with Crippen LogP contribution in [0.5, 0.6) is 0 Å². The van der Waals surface area contributed by atoms with Gasteiger partial charge in [0.1, 0.15) is 0 Å². The van der Waals surface area contributed by atoms with Gasteiger partial charge in [-0.3, -0.25) is 0 Å². The number of hydrogen-bond acceptors (Lipinski definition) is 1. The molecular weight excluding hydrogens is 725 g/mol. The molecule has 0 amide bonds. The van der Waals surface area contributed by atoms with Gasteiger partial charge in [-0.1, -0.05) is 172 Å². The van der Waals surface area contributed by atoms with E-state index in [9.17, 15) is 0 Å². The van der Waals surface area contributed by atoms with Crippen LogP contribution in [0.3, 0.4) is 0 Å². The molecule has 0 spiro atoms. The van der Waals surface area contributed by atoms with Crippen molar-refractivity contribution in [2.24, 2.45) is 5.92 Å². The molecule has 0 saturated carbocycles. The number of rotatable bonds is 7. The summed E-state index contributed by atoms with van der Waals surface area (Å²) in [5, 5.41) is 2.55. The van der Waals surface area contributed by atoms with E-state index in [1.54, 1.807) is 0 Å².